The molecule has 1 aromatic rings. The molecule has 1 unspecified atom stereocenters. The van der Waals surface area contributed by atoms with Crippen LogP contribution in [0.4, 0.5) is 0 Å². The number of aliphatic hydroxyl groups excluding tert-OH is 1. The molecule has 1 rings (SSSR count). The molecule has 0 radical (unpaired) electrons. The van der Waals surface area contributed by atoms with Crippen LogP contribution in [0.5, 0.6) is 11.5 Å². The van der Waals surface area contributed by atoms with Crippen LogP contribution in [0.25, 0.3) is 0 Å². The third-order valence-corrected chi connectivity index (χ3v) is 3.29. The van der Waals surface area contributed by atoms with E-state index in [0.29, 0.717) is 13.0 Å². The van der Waals surface area contributed by atoms with Crippen molar-refractivity contribution in [2.75, 3.05) is 13.7 Å². The highest BCUT2D eigenvalue weighted by Gasteiger charge is 2.23. The van der Waals surface area contributed by atoms with Gasteiger partial charge in [-0.3, -0.25) is 0 Å². The van der Waals surface area contributed by atoms with E-state index < -0.39 is 0 Å². The lowest BCUT2D eigenvalue weighted by Gasteiger charge is -2.31. The van der Waals surface area contributed by atoms with Crippen molar-refractivity contribution in [2.45, 2.75) is 39.8 Å². The molecule has 1 atom stereocenters. The number of hydrogen-bond donors (Lipinski definition) is 3. The molecule has 0 amide bonds. The Bertz CT molecular complexity index is 399. The van der Waals surface area contributed by atoms with Gasteiger partial charge in [0.25, 0.3) is 0 Å². The average molecular weight is 267 g/mol. The van der Waals surface area contributed by atoms with Gasteiger partial charge in [0.15, 0.2) is 0 Å². The number of methoxy groups -OCH3 is 1. The van der Waals surface area contributed by atoms with Crippen LogP contribution >= 0.6 is 0 Å². The summed E-state index contributed by atoms with van der Waals surface area (Å²) < 4.78 is 5.15. The van der Waals surface area contributed by atoms with Crippen LogP contribution in [-0.2, 0) is 6.54 Å². The minimum absolute atomic E-state index is 0.0528. The van der Waals surface area contributed by atoms with E-state index in [9.17, 15) is 5.11 Å². The van der Waals surface area contributed by atoms with Crippen molar-refractivity contribution in [3.8, 4) is 11.5 Å². The number of aliphatic hydroxyl groups is 1. The monoisotopic (exact) mass is 267 g/mol. The smallest absolute Gasteiger partial charge is 0.120 e. The van der Waals surface area contributed by atoms with Gasteiger partial charge < -0.3 is 20.3 Å². The van der Waals surface area contributed by atoms with Crippen LogP contribution in [0, 0.1) is 5.41 Å². The first-order valence-corrected chi connectivity index (χ1v) is 6.58. The highest BCUT2D eigenvalue weighted by Crippen LogP contribution is 2.25. The van der Waals surface area contributed by atoms with E-state index in [4.69, 9.17) is 9.84 Å². The van der Waals surface area contributed by atoms with Gasteiger partial charge in [-0.2, -0.15) is 0 Å². The minimum Gasteiger partial charge on any atom is -0.508 e. The summed E-state index contributed by atoms with van der Waals surface area (Å²) in [4.78, 5) is 0. The Morgan fingerprint density at radius 3 is 2.53 bits per heavy atom. The highest BCUT2D eigenvalue weighted by atomic mass is 16.5. The predicted octanol–water partition coefficient (Wildman–Crippen LogP) is 2.29. The second-order valence-corrected chi connectivity index (χ2v) is 5.81. The van der Waals surface area contributed by atoms with Gasteiger partial charge in [0, 0.05) is 24.8 Å². The molecule has 0 bridgehead atoms. The Hall–Kier alpha value is -1.26. The minimum atomic E-state index is 0.0528. The van der Waals surface area contributed by atoms with Gasteiger partial charge in [0.1, 0.15) is 11.5 Å². The van der Waals surface area contributed by atoms with E-state index in [0.717, 1.165) is 11.3 Å². The lowest BCUT2D eigenvalue weighted by atomic mass is 9.85. The molecule has 0 aliphatic carbocycles. The van der Waals surface area contributed by atoms with E-state index in [1.54, 1.807) is 19.2 Å². The molecule has 0 heterocycles. The molecule has 19 heavy (non-hydrogen) atoms. The SMILES string of the molecule is COc1ccc(O)c(CNC(CCO)C(C)(C)C)c1. The molecule has 0 fully saturated rings. The standard InChI is InChI=1S/C15H25NO3/c1-15(2,3)14(7-8-17)16-10-11-9-12(19-4)5-6-13(11)18/h5-6,9,14,16-18H,7-8,10H2,1-4H3. The molecule has 0 spiro atoms. The van der Waals surface area contributed by atoms with Crippen molar-refractivity contribution in [2.24, 2.45) is 5.41 Å². The molecule has 0 saturated heterocycles. The molecule has 4 nitrogen and oxygen atoms in total. The average Bonchev–Trinajstić information content (AvgIpc) is 2.34. The van der Waals surface area contributed by atoms with E-state index in [1.165, 1.54) is 0 Å². The maximum absolute atomic E-state index is 9.83. The molecule has 4 heteroatoms. The lowest BCUT2D eigenvalue weighted by Crippen LogP contribution is -2.40. The Morgan fingerprint density at radius 2 is 2.00 bits per heavy atom. The van der Waals surface area contributed by atoms with Crippen molar-refractivity contribution in [3.05, 3.63) is 23.8 Å². The number of phenolic OH excluding ortho intramolecular Hbond substituents is 1. The zero-order chi connectivity index (χ0) is 14.5. The Balaban J connectivity index is 2.73. The second kappa shape index (κ2) is 6.78. The lowest BCUT2D eigenvalue weighted by molar-refractivity contribution is 0.196. The molecule has 3 N–H and O–H groups in total. The molecule has 1 aromatic carbocycles. The summed E-state index contributed by atoms with van der Waals surface area (Å²) in [5.41, 5.74) is 0.851. The molecule has 108 valence electrons. The van der Waals surface area contributed by atoms with Gasteiger partial charge in [-0.15, -0.1) is 0 Å². The summed E-state index contributed by atoms with van der Waals surface area (Å²) in [6.07, 6.45) is 0.689. The molecular formula is C15H25NO3. The van der Waals surface area contributed by atoms with Crippen molar-refractivity contribution < 1.29 is 14.9 Å². The second-order valence-electron chi connectivity index (χ2n) is 5.81. The number of aromatic hydroxyl groups is 1. The topological polar surface area (TPSA) is 61.7 Å². The largest absolute Gasteiger partial charge is 0.508 e. The van der Waals surface area contributed by atoms with Gasteiger partial charge in [-0.25, -0.2) is 0 Å². The zero-order valence-corrected chi connectivity index (χ0v) is 12.2. The molecular weight excluding hydrogens is 242 g/mol. The van der Waals surface area contributed by atoms with E-state index in [1.807, 2.05) is 6.07 Å². The van der Waals surface area contributed by atoms with Crippen LogP contribution in [-0.4, -0.2) is 30.0 Å². The van der Waals surface area contributed by atoms with Crippen LogP contribution in [0.2, 0.25) is 0 Å². The normalized spacial score (nSPS) is 13.3. The Labute approximate surface area is 115 Å². The van der Waals surface area contributed by atoms with Crippen molar-refractivity contribution in [3.63, 3.8) is 0 Å². The summed E-state index contributed by atoms with van der Waals surface area (Å²) in [5.74, 6) is 0.981. The fraction of sp³-hybridized carbons (Fsp3) is 0.600. The summed E-state index contributed by atoms with van der Waals surface area (Å²) >= 11 is 0. The predicted molar refractivity (Wildman–Crippen MR) is 76.4 cm³/mol. The van der Waals surface area contributed by atoms with Crippen LogP contribution in [0.15, 0.2) is 18.2 Å². The molecule has 0 aliphatic heterocycles. The maximum Gasteiger partial charge on any atom is 0.120 e. The van der Waals surface area contributed by atoms with Crippen LogP contribution in [0.3, 0.4) is 0 Å². The van der Waals surface area contributed by atoms with Gasteiger partial charge in [-0.05, 0) is 30.0 Å². The molecule has 0 aliphatic rings. The van der Waals surface area contributed by atoms with Gasteiger partial charge in [0.05, 0.1) is 7.11 Å². The Morgan fingerprint density at radius 1 is 1.32 bits per heavy atom. The van der Waals surface area contributed by atoms with Crippen LogP contribution < -0.4 is 10.1 Å². The summed E-state index contributed by atoms with van der Waals surface area (Å²) in [6, 6.07) is 5.37. The maximum atomic E-state index is 9.83. The van der Waals surface area contributed by atoms with E-state index in [-0.39, 0.29) is 23.8 Å². The molecule has 0 aromatic heterocycles. The first-order chi connectivity index (χ1) is 8.88. The first kappa shape index (κ1) is 15.8. The van der Waals surface area contributed by atoms with Gasteiger partial charge in [0.2, 0.25) is 0 Å². The first-order valence-electron chi connectivity index (χ1n) is 6.58. The summed E-state index contributed by atoms with van der Waals surface area (Å²) in [5, 5.41) is 22.3. The van der Waals surface area contributed by atoms with Crippen molar-refractivity contribution in [1.29, 1.82) is 0 Å². The number of phenols is 1. The van der Waals surface area contributed by atoms with Gasteiger partial charge >= 0.3 is 0 Å². The number of ether oxygens (including phenoxy) is 1. The van der Waals surface area contributed by atoms with Crippen molar-refractivity contribution in [1.82, 2.24) is 5.32 Å². The van der Waals surface area contributed by atoms with Crippen LogP contribution in [0.1, 0.15) is 32.8 Å². The van der Waals surface area contributed by atoms with E-state index in [2.05, 4.69) is 26.1 Å². The van der Waals surface area contributed by atoms with Gasteiger partial charge in [-0.1, -0.05) is 20.8 Å². The summed E-state index contributed by atoms with van der Waals surface area (Å²) in [6.45, 7) is 7.09. The Kier molecular flexibility index (Phi) is 5.63. The fourth-order valence-electron chi connectivity index (χ4n) is 2.03. The molecule has 0 saturated carbocycles. The fourth-order valence-corrected chi connectivity index (χ4v) is 2.03. The number of hydrogen-bond acceptors (Lipinski definition) is 4. The quantitative estimate of drug-likeness (QED) is 0.740. The van der Waals surface area contributed by atoms with E-state index >= 15 is 0 Å². The van der Waals surface area contributed by atoms with Crippen molar-refractivity contribution >= 4 is 0 Å². The number of benzene rings is 1. The highest BCUT2D eigenvalue weighted by molar-refractivity contribution is 5.39. The zero-order valence-electron chi connectivity index (χ0n) is 12.2. The number of rotatable bonds is 6. The number of nitrogens with one attached hydrogen (secondary N) is 1. The third kappa shape index (κ3) is 4.73. The third-order valence-electron chi connectivity index (χ3n) is 3.29. The summed E-state index contributed by atoms with van der Waals surface area (Å²) in [7, 11) is 1.60.